The fourth-order valence-corrected chi connectivity index (χ4v) is 6.04. The second-order valence-corrected chi connectivity index (χ2v) is 11.4. The number of anilines is 2. The number of piperidine rings is 1. The van der Waals surface area contributed by atoms with Crippen LogP contribution in [0.1, 0.15) is 19.8 Å². The summed E-state index contributed by atoms with van der Waals surface area (Å²) in [4.78, 5) is 21.4. The number of aromatic nitrogens is 2. The second kappa shape index (κ2) is 11.5. The third-order valence-corrected chi connectivity index (χ3v) is 8.23. The summed E-state index contributed by atoms with van der Waals surface area (Å²) in [6.45, 7) is 7.97. The molecule has 3 aliphatic heterocycles. The number of nitro groups is 1. The van der Waals surface area contributed by atoms with Crippen molar-refractivity contribution in [3.63, 3.8) is 0 Å². The van der Waals surface area contributed by atoms with Crippen molar-refractivity contribution in [2.75, 3.05) is 55.7 Å². The molecule has 1 aromatic heterocycles. The van der Waals surface area contributed by atoms with E-state index in [9.17, 15) is 23.3 Å². The highest BCUT2D eigenvalue weighted by Crippen LogP contribution is 2.32. The van der Waals surface area contributed by atoms with Gasteiger partial charge in [0.2, 0.25) is 0 Å². The van der Waals surface area contributed by atoms with E-state index in [1.807, 2.05) is 19.1 Å². The van der Waals surface area contributed by atoms with Gasteiger partial charge >= 0.3 is 18.2 Å². The molecule has 1 unspecified atom stereocenters. The Morgan fingerprint density at radius 3 is 2.09 bits per heavy atom. The molecule has 6 rings (SSSR count). The lowest BCUT2D eigenvalue weighted by Crippen LogP contribution is -2.53. The summed E-state index contributed by atoms with van der Waals surface area (Å²) in [5, 5.41) is 10.9. The number of alkyl halides is 3. The zero-order valence-electron chi connectivity index (χ0n) is 23.7. The van der Waals surface area contributed by atoms with Gasteiger partial charge in [0.1, 0.15) is 24.3 Å². The monoisotopic (exact) mass is 602 g/mol. The van der Waals surface area contributed by atoms with Crippen LogP contribution in [0.2, 0.25) is 0 Å². The molecule has 3 aliphatic rings. The number of benzene rings is 2. The number of halogens is 3. The van der Waals surface area contributed by atoms with Gasteiger partial charge in [0.25, 0.3) is 0 Å². The molecular formula is C29H33F3N6O5. The molecule has 2 aromatic carbocycles. The molecular weight excluding hydrogens is 569 g/mol. The Morgan fingerprint density at radius 2 is 1.53 bits per heavy atom. The second-order valence-electron chi connectivity index (χ2n) is 11.4. The molecule has 2 fully saturated rings. The Balaban J connectivity index is 0.933. The maximum Gasteiger partial charge on any atom is 0.573 e. The number of rotatable bonds is 8. The molecule has 0 spiro atoms. The number of fused-ring (bicyclic) bond motifs is 1. The van der Waals surface area contributed by atoms with Gasteiger partial charge in [-0.1, -0.05) is 0 Å². The molecule has 0 amide bonds. The van der Waals surface area contributed by atoms with Crippen molar-refractivity contribution in [1.29, 1.82) is 0 Å². The van der Waals surface area contributed by atoms with E-state index in [2.05, 4.69) is 36.6 Å². The molecule has 230 valence electrons. The van der Waals surface area contributed by atoms with Crippen LogP contribution in [0.3, 0.4) is 0 Å². The van der Waals surface area contributed by atoms with Crippen LogP contribution in [0.25, 0.3) is 0 Å². The van der Waals surface area contributed by atoms with Crippen LogP contribution in [0.5, 0.6) is 17.5 Å². The van der Waals surface area contributed by atoms with Crippen LogP contribution in [0.4, 0.5) is 30.4 Å². The van der Waals surface area contributed by atoms with E-state index < -0.39 is 16.9 Å². The lowest BCUT2D eigenvalue weighted by atomic mass is 10.0. The van der Waals surface area contributed by atoms with Crippen molar-refractivity contribution in [2.24, 2.45) is 0 Å². The Labute approximate surface area is 246 Å². The van der Waals surface area contributed by atoms with Crippen molar-refractivity contribution >= 4 is 17.2 Å². The van der Waals surface area contributed by atoms with Gasteiger partial charge in [0.15, 0.2) is 5.60 Å². The first kappa shape index (κ1) is 28.9. The van der Waals surface area contributed by atoms with Gasteiger partial charge < -0.3 is 34.1 Å². The van der Waals surface area contributed by atoms with Crippen molar-refractivity contribution in [3.8, 4) is 17.5 Å². The highest BCUT2D eigenvalue weighted by atomic mass is 19.4. The average Bonchev–Trinajstić information content (AvgIpc) is 3.52. The predicted molar refractivity (Wildman–Crippen MR) is 152 cm³/mol. The van der Waals surface area contributed by atoms with E-state index in [-0.39, 0.29) is 24.2 Å². The van der Waals surface area contributed by atoms with E-state index >= 15 is 0 Å². The van der Waals surface area contributed by atoms with Crippen molar-refractivity contribution in [2.45, 2.75) is 44.3 Å². The molecule has 4 heterocycles. The predicted octanol–water partition coefficient (Wildman–Crippen LogP) is 4.71. The fourth-order valence-electron chi connectivity index (χ4n) is 6.04. The molecule has 2 saturated heterocycles. The third-order valence-electron chi connectivity index (χ3n) is 8.23. The molecule has 0 N–H and O–H groups in total. The van der Waals surface area contributed by atoms with Crippen LogP contribution in [-0.2, 0) is 6.54 Å². The molecule has 3 aromatic rings. The van der Waals surface area contributed by atoms with E-state index in [0.717, 1.165) is 69.2 Å². The van der Waals surface area contributed by atoms with Gasteiger partial charge in [-0.25, -0.2) is 0 Å². The number of nitrogens with zero attached hydrogens (tertiary/aromatic N) is 6. The average molecular weight is 603 g/mol. The molecule has 43 heavy (non-hydrogen) atoms. The summed E-state index contributed by atoms with van der Waals surface area (Å²) in [5.41, 5.74) is 1.38. The first-order valence-corrected chi connectivity index (χ1v) is 14.3. The molecule has 1 atom stereocenters. The molecule has 0 saturated carbocycles. The smallest absolute Gasteiger partial charge is 0.489 e. The van der Waals surface area contributed by atoms with Crippen LogP contribution in [0, 0.1) is 10.1 Å². The zero-order valence-corrected chi connectivity index (χ0v) is 23.7. The van der Waals surface area contributed by atoms with E-state index in [1.165, 1.54) is 18.3 Å². The van der Waals surface area contributed by atoms with Gasteiger partial charge in [-0.05, 0) is 73.2 Å². The minimum atomic E-state index is -4.69. The van der Waals surface area contributed by atoms with Gasteiger partial charge in [-0.3, -0.25) is 9.47 Å². The molecule has 14 heteroatoms. The number of piperazine rings is 1. The van der Waals surface area contributed by atoms with Crippen LogP contribution >= 0.6 is 0 Å². The quantitative estimate of drug-likeness (QED) is 0.268. The van der Waals surface area contributed by atoms with Crippen molar-refractivity contribution in [1.82, 2.24) is 14.5 Å². The molecule has 0 aliphatic carbocycles. The maximum atomic E-state index is 12.4. The van der Waals surface area contributed by atoms with Gasteiger partial charge in [-0.2, -0.15) is 0 Å². The largest absolute Gasteiger partial charge is 0.573 e. The molecule has 11 nitrogen and oxygen atoms in total. The number of hydrogen-bond acceptors (Lipinski definition) is 9. The van der Waals surface area contributed by atoms with Crippen LogP contribution in [-0.4, -0.2) is 83.3 Å². The summed E-state index contributed by atoms with van der Waals surface area (Å²) in [6, 6.07) is 14.8. The Kier molecular flexibility index (Phi) is 7.71. The summed E-state index contributed by atoms with van der Waals surface area (Å²) >= 11 is 0. The van der Waals surface area contributed by atoms with Gasteiger partial charge in [0.05, 0.1) is 6.54 Å². The lowest BCUT2D eigenvalue weighted by Gasteiger charge is -2.43. The standard InChI is InChI=1S/C29H33F3N6O5/c1-28(19-37-18-26(38(39)40)33-27(37)43-28)20-41-24-6-2-21(3-7-24)34-12-10-23(11-13-34)36-16-14-35(15-17-36)22-4-8-25(9-5-22)42-29(30,31)32/h2-9,18,23H,10-17,19-20H2,1H3. The Morgan fingerprint density at radius 1 is 0.953 bits per heavy atom. The fraction of sp³-hybridized carbons (Fsp3) is 0.483. The lowest BCUT2D eigenvalue weighted by molar-refractivity contribution is -0.389. The highest BCUT2D eigenvalue weighted by Gasteiger charge is 2.41. The van der Waals surface area contributed by atoms with Crippen molar-refractivity contribution < 1.29 is 32.3 Å². The first-order valence-electron chi connectivity index (χ1n) is 14.3. The van der Waals surface area contributed by atoms with Gasteiger partial charge in [-0.15, -0.1) is 13.2 Å². The van der Waals surface area contributed by atoms with Crippen LogP contribution < -0.4 is 24.0 Å². The number of ether oxygens (including phenoxy) is 3. The number of imidazole rings is 1. The molecule has 0 radical (unpaired) electrons. The SMILES string of the molecule is CC1(COc2ccc(N3CCC(N4CCN(c5ccc(OC(F)(F)F)cc5)CC4)CC3)cc2)Cn2cc([N+](=O)[O-])nc2O1. The minimum absolute atomic E-state index is 0.206. The van der Waals surface area contributed by atoms with Crippen molar-refractivity contribution in [3.05, 3.63) is 64.8 Å². The normalized spacial score (nSPS) is 21.4. The topological polar surface area (TPSA) is 98.4 Å². The van der Waals surface area contributed by atoms with Crippen LogP contribution in [0.15, 0.2) is 54.7 Å². The summed E-state index contributed by atoms with van der Waals surface area (Å²) in [6.07, 6.45) is -1.19. The highest BCUT2D eigenvalue weighted by molar-refractivity contribution is 5.50. The molecule has 0 bridgehead atoms. The first-order chi connectivity index (χ1) is 20.5. The number of hydrogen-bond donors (Lipinski definition) is 0. The third kappa shape index (κ3) is 6.74. The Bertz CT molecular complexity index is 1390. The summed E-state index contributed by atoms with van der Waals surface area (Å²) in [5.74, 6) is 0.285. The minimum Gasteiger partial charge on any atom is -0.489 e. The van der Waals surface area contributed by atoms with E-state index in [4.69, 9.17) is 9.47 Å². The zero-order chi connectivity index (χ0) is 30.2. The maximum absolute atomic E-state index is 12.4. The van der Waals surface area contributed by atoms with Gasteiger partial charge in [0, 0.05) is 61.7 Å². The summed E-state index contributed by atoms with van der Waals surface area (Å²) in [7, 11) is 0. The Hall–Kier alpha value is -4.20. The summed E-state index contributed by atoms with van der Waals surface area (Å²) < 4.78 is 54.7. The van der Waals surface area contributed by atoms with E-state index in [1.54, 1.807) is 16.7 Å². The van der Waals surface area contributed by atoms with E-state index in [0.29, 0.717) is 12.6 Å².